The Kier molecular flexibility index (Phi) is 3.93. The van der Waals surface area contributed by atoms with Crippen LogP contribution in [0.15, 0.2) is 12.2 Å². The highest BCUT2D eigenvalue weighted by molar-refractivity contribution is 6.21. The van der Waals surface area contributed by atoms with Gasteiger partial charge in [-0.15, -0.1) is 11.6 Å². The maximum Gasteiger partial charge on any atom is 0.220 e. The molecule has 0 aromatic heterocycles. The van der Waals surface area contributed by atoms with Gasteiger partial charge >= 0.3 is 0 Å². The lowest BCUT2D eigenvalue weighted by molar-refractivity contribution is -0.121. The molecule has 1 aliphatic rings. The second-order valence-corrected chi connectivity index (χ2v) is 4.20. The molecule has 3 atom stereocenters. The van der Waals surface area contributed by atoms with Gasteiger partial charge in [-0.05, 0) is 24.3 Å². The van der Waals surface area contributed by atoms with E-state index in [9.17, 15) is 9.18 Å². The van der Waals surface area contributed by atoms with Gasteiger partial charge in [0.15, 0.2) is 0 Å². The normalized spacial score (nSPS) is 32.8. The van der Waals surface area contributed by atoms with Crippen molar-refractivity contribution in [3.8, 4) is 0 Å². The molecule has 1 N–H and O–H groups in total. The van der Waals surface area contributed by atoms with Crippen molar-refractivity contribution in [1.29, 1.82) is 0 Å². The molecule has 1 amide bonds. The molecule has 1 rings (SSSR count). The summed E-state index contributed by atoms with van der Waals surface area (Å²) in [6, 6.07) is 0. The molecule has 0 aromatic rings. The molecule has 0 spiro atoms. The topological polar surface area (TPSA) is 29.1 Å². The maximum absolute atomic E-state index is 13.4. The minimum Gasteiger partial charge on any atom is -0.359 e. The van der Waals surface area contributed by atoms with Gasteiger partial charge in [-0.25, -0.2) is 4.39 Å². The number of carbonyl (C=O) groups excluding carboxylic acids is 1. The van der Waals surface area contributed by atoms with Gasteiger partial charge in [0.2, 0.25) is 5.91 Å². The van der Waals surface area contributed by atoms with E-state index >= 15 is 0 Å². The molecule has 80 valence electrons. The molecule has 4 heteroatoms. The zero-order valence-corrected chi connectivity index (χ0v) is 8.98. The molecule has 1 aliphatic carbocycles. The Morgan fingerprint density at radius 1 is 1.71 bits per heavy atom. The van der Waals surface area contributed by atoms with Gasteiger partial charge in [0.25, 0.3) is 0 Å². The molecule has 0 saturated heterocycles. The van der Waals surface area contributed by atoms with Crippen molar-refractivity contribution in [1.82, 2.24) is 5.32 Å². The number of halogens is 2. The third-order valence-electron chi connectivity index (χ3n) is 2.70. The van der Waals surface area contributed by atoms with Gasteiger partial charge in [-0.2, -0.15) is 0 Å². The van der Waals surface area contributed by atoms with Crippen LogP contribution in [0.1, 0.15) is 19.3 Å². The van der Waals surface area contributed by atoms with Crippen LogP contribution < -0.4 is 5.32 Å². The number of nitrogens with one attached hydrogen (secondary N) is 1. The molecule has 0 bridgehead atoms. The smallest absolute Gasteiger partial charge is 0.220 e. The van der Waals surface area contributed by atoms with E-state index in [-0.39, 0.29) is 11.8 Å². The predicted molar refractivity (Wildman–Crippen MR) is 55.1 cm³/mol. The largest absolute Gasteiger partial charge is 0.359 e. The van der Waals surface area contributed by atoms with Crippen LogP contribution in [-0.2, 0) is 4.79 Å². The van der Waals surface area contributed by atoms with Crippen LogP contribution in [0.5, 0.6) is 0 Å². The zero-order valence-electron chi connectivity index (χ0n) is 8.22. The SMILES string of the molecule is C=C1C(CC(=O)NC)CCC(Cl)C1F. The highest BCUT2D eigenvalue weighted by atomic mass is 35.5. The first kappa shape index (κ1) is 11.5. The average Bonchev–Trinajstić information content (AvgIpc) is 2.19. The number of alkyl halides is 2. The molecule has 0 aromatic carbocycles. The van der Waals surface area contributed by atoms with E-state index in [1.165, 1.54) is 0 Å². The van der Waals surface area contributed by atoms with Crippen molar-refractivity contribution < 1.29 is 9.18 Å². The Morgan fingerprint density at radius 2 is 2.36 bits per heavy atom. The number of carbonyl (C=O) groups is 1. The number of hydrogen-bond acceptors (Lipinski definition) is 1. The van der Waals surface area contributed by atoms with Gasteiger partial charge in [-0.3, -0.25) is 4.79 Å². The fourth-order valence-corrected chi connectivity index (χ4v) is 2.00. The van der Waals surface area contributed by atoms with E-state index < -0.39 is 11.5 Å². The summed E-state index contributed by atoms with van der Waals surface area (Å²) in [7, 11) is 1.57. The summed E-state index contributed by atoms with van der Waals surface area (Å²) in [5.41, 5.74) is 0.472. The van der Waals surface area contributed by atoms with Crippen molar-refractivity contribution in [2.75, 3.05) is 7.05 Å². The van der Waals surface area contributed by atoms with Gasteiger partial charge in [0, 0.05) is 13.5 Å². The average molecular weight is 220 g/mol. The minimum absolute atomic E-state index is 0.0556. The number of allylic oxidation sites excluding steroid dienone is 1. The zero-order chi connectivity index (χ0) is 10.7. The summed E-state index contributed by atoms with van der Waals surface area (Å²) in [5, 5.41) is 2.05. The van der Waals surface area contributed by atoms with Crippen molar-refractivity contribution in [2.45, 2.75) is 30.8 Å². The fourth-order valence-electron chi connectivity index (χ4n) is 1.71. The molecular formula is C10H15ClFNO. The monoisotopic (exact) mass is 219 g/mol. The van der Waals surface area contributed by atoms with Crippen molar-refractivity contribution in [2.24, 2.45) is 5.92 Å². The van der Waals surface area contributed by atoms with Gasteiger partial charge < -0.3 is 5.32 Å². The summed E-state index contributed by atoms with van der Waals surface area (Å²) in [6.45, 7) is 3.67. The van der Waals surface area contributed by atoms with Gasteiger partial charge in [0.05, 0.1) is 5.38 Å². The second kappa shape index (κ2) is 4.78. The van der Waals surface area contributed by atoms with E-state index in [0.717, 1.165) is 6.42 Å². The van der Waals surface area contributed by atoms with Crippen LogP contribution in [-0.4, -0.2) is 24.5 Å². The van der Waals surface area contributed by atoms with Crippen molar-refractivity contribution in [3.63, 3.8) is 0 Å². The number of amides is 1. The molecule has 3 unspecified atom stereocenters. The first-order valence-corrected chi connectivity index (χ1v) is 5.17. The quantitative estimate of drug-likeness (QED) is 0.559. The Morgan fingerprint density at radius 3 is 2.93 bits per heavy atom. The molecule has 1 saturated carbocycles. The molecule has 0 heterocycles. The molecule has 0 aliphatic heterocycles. The van der Waals surface area contributed by atoms with E-state index in [0.29, 0.717) is 18.4 Å². The highest BCUT2D eigenvalue weighted by Gasteiger charge is 2.33. The third kappa shape index (κ3) is 2.47. The van der Waals surface area contributed by atoms with Crippen LogP contribution in [0.4, 0.5) is 4.39 Å². The van der Waals surface area contributed by atoms with E-state index in [2.05, 4.69) is 11.9 Å². The number of rotatable bonds is 2. The fraction of sp³-hybridized carbons (Fsp3) is 0.700. The molecule has 2 nitrogen and oxygen atoms in total. The summed E-state index contributed by atoms with van der Waals surface area (Å²) in [6.07, 6.45) is 0.518. The lowest BCUT2D eigenvalue weighted by Crippen LogP contribution is -2.32. The summed E-state index contributed by atoms with van der Waals surface area (Å²) in [5.74, 6) is -0.128. The summed E-state index contributed by atoms with van der Waals surface area (Å²) in [4.78, 5) is 11.1. The third-order valence-corrected chi connectivity index (χ3v) is 3.14. The molecule has 14 heavy (non-hydrogen) atoms. The Labute approximate surface area is 88.5 Å². The number of hydrogen-bond donors (Lipinski definition) is 1. The van der Waals surface area contributed by atoms with Crippen LogP contribution >= 0.6 is 11.6 Å². The molecule has 0 radical (unpaired) electrons. The van der Waals surface area contributed by atoms with Crippen molar-refractivity contribution >= 4 is 17.5 Å². The molecular weight excluding hydrogens is 205 g/mol. The minimum atomic E-state index is -1.17. The van der Waals surface area contributed by atoms with Gasteiger partial charge in [0.1, 0.15) is 6.17 Å². The van der Waals surface area contributed by atoms with Crippen LogP contribution in [0.25, 0.3) is 0 Å². The van der Waals surface area contributed by atoms with Gasteiger partial charge in [-0.1, -0.05) is 6.58 Å². The highest BCUT2D eigenvalue weighted by Crippen LogP contribution is 2.35. The van der Waals surface area contributed by atoms with E-state index in [1.807, 2.05) is 0 Å². The van der Waals surface area contributed by atoms with Crippen LogP contribution in [0.2, 0.25) is 0 Å². The lowest BCUT2D eigenvalue weighted by Gasteiger charge is -2.30. The predicted octanol–water partition coefficient (Wildman–Crippen LogP) is 2.03. The van der Waals surface area contributed by atoms with Crippen LogP contribution in [0, 0.1) is 5.92 Å². The van der Waals surface area contributed by atoms with Crippen molar-refractivity contribution in [3.05, 3.63) is 12.2 Å². The Balaban J connectivity index is 2.55. The van der Waals surface area contributed by atoms with E-state index in [1.54, 1.807) is 7.05 Å². The Hall–Kier alpha value is -0.570. The second-order valence-electron chi connectivity index (χ2n) is 3.64. The first-order chi connectivity index (χ1) is 6.56. The Bertz CT molecular complexity index is 244. The lowest BCUT2D eigenvalue weighted by atomic mass is 9.81. The van der Waals surface area contributed by atoms with Crippen LogP contribution in [0.3, 0.4) is 0 Å². The molecule has 1 fully saturated rings. The standard InChI is InChI=1S/C10H15ClFNO/c1-6-7(5-9(14)13-2)3-4-8(11)10(6)12/h7-8,10H,1,3-5H2,2H3,(H,13,14). The summed E-state index contributed by atoms with van der Waals surface area (Å²) < 4.78 is 13.4. The maximum atomic E-state index is 13.4. The van der Waals surface area contributed by atoms with E-state index in [4.69, 9.17) is 11.6 Å². The first-order valence-electron chi connectivity index (χ1n) is 4.73. The summed E-state index contributed by atoms with van der Waals surface area (Å²) >= 11 is 5.76.